The van der Waals surface area contributed by atoms with E-state index >= 15 is 0 Å². The predicted molar refractivity (Wildman–Crippen MR) is 73.8 cm³/mol. The van der Waals surface area contributed by atoms with Gasteiger partial charge in [-0.25, -0.2) is 0 Å². The summed E-state index contributed by atoms with van der Waals surface area (Å²) in [6.07, 6.45) is 0.735. The van der Waals surface area contributed by atoms with E-state index in [1.807, 2.05) is 26.0 Å². The Labute approximate surface area is 114 Å². The van der Waals surface area contributed by atoms with Crippen LogP contribution in [-0.4, -0.2) is 17.1 Å². The lowest BCUT2D eigenvalue weighted by Crippen LogP contribution is -2.17. The standard InChI is InChI=1S/C12H15BrClNO2/c1-7-5-9(13)11(6-10(7)14)15-8(2)3-4-12(16)17/h5-6,8,15H,3-4H2,1-2H3,(H,16,17). The van der Waals surface area contributed by atoms with Gasteiger partial charge < -0.3 is 10.4 Å². The fraction of sp³-hybridized carbons (Fsp3) is 0.417. The molecule has 0 aliphatic rings. The lowest BCUT2D eigenvalue weighted by Gasteiger charge is -2.16. The molecule has 0 heterocycles. The Morgan fingerprint density at radius 1 is 1.59 bits per heavy atom. The number of carboxylic acids is 1. The van der Waals surface area contributed by atoms with E-state index in [4.69, 9.17) is 16.7 Å². The predicted octanol–water partition coefficient (Wildman–Crippen LogP) is 4.08. The molecule has 1 rings (SSSR count). The van der Waals surface area contributed by atoms with Crippen molar-refractivity contribution < 1.29 is 9.90 Å². The van der Waals surface area contributed by atoms with Crippen LogP contribution in [0.15, 0.2) is 16.6 Å². The number of aryl methyl sites for hydroxylation is 1. The maximum Gasteiger partial charge on any atom is 0.303 e. The molecule has 94 valence electrons. The first-order valence-corrected chi connectivity index (χ1v) is 6.51. The van der Waals surface area contributed by atoms with Gasteiger partial charge in [0.15, 0.2) is 0 Å². The molecule has 0 radical (unpaired) electrons. The molecule has 0 aliphatic heterocycles. The summed E-state index contributed by atoms with van der Waals surface area (Å²) in [6.45, 7) is 3.88. The van der Waals surface area contributed by atoms with Crippen LogP contribution in [0.3, 0.4) is 0 Å². The lowest BCUT2D eigenvalue weighted by molar-refractivity contribution is -0.137. The smallest absolute Gasteiger partial charge is 0.303 e. The van der Waals surface area contributed by atoms with Gasteiger partial charge in [-0.3, -0.25) is 4.79 Å². The fourth-order valence-electron chi connectivity index (χ4n) is 1.43. The van der Waals surface area contributed by atoms with E-state index in [9.17, 15) is 4.79 Å². The van der Waals surface area contributed by atoms with Gasteiger partial charge in [0.2, 0.25) is 0 Å². The molecular formula is C12H15BrClNO2. The van der Waals surface area contributed by atoms with E-state index < -0.39 is 5.97 Å². The van der Waals surface area contributed by atoms with Gasteiger partial charge in [-0.15, -0.1) is 0 Å². The molecular weight excluding hydrogens is 305 g/mol. The highest BCUT2D eigenvalue weighted by Gasteiger charge is 2.09. The number of anilines is 1. The van der Waals surface area contributed by atoms with Crippen molar-refractivity contribution in [2.75, 3.05) is 5.32 Å². The number of rotatable bonds is 5. The maximum atomic E-state index is 10.5. The molecule has 0 fully saturated rings. The van der Waals surface area contributed by atoms with Gasteiger partial charge in [-0.2, -0.15) is 0 Å². The molecule has 0 aliphatic carbocycles. The summed E-state index contributed by atoms with van der Waals surface area (Å²) in [7, 11) is 0. The van der Waals surface area contributed by atoms with Crippen LogP contribution in [0.1, 0.15) is 25.3 Å². The van der Waals surface area contributed by atoms with E-state index in [0.717, 1.165) is 15.7 Å². The molecule has 0 saturated carbocycles. The Kier molecular flexibility index (Phi) is 5.28. The number of benzene rings is 1. The van der Waals surface area contributed by atoms with E-state index in [1.54, 1.807) is 0 Å². The molecule has 0 aromatic heterocycles. The van der Waals surface area contributed by atoms with E-state index in [-0.39, 0.29) is 12.5 Å². The molecule has 5 heteroatoms. The molecule has 0 bridgehead atoms. The third-order valence-electron chi connectivity index (χ3n) is 2.44. The van der Waals surface area contributed by atoms with Gasteiger partial charge >= 0.3 is 5.97 Å². The Morgan fingerprint density at radius 2 is 2.24 bits per heavy atom. The van der Waals surface area contributed by atoms with Crippen molar-refractivity contribution >= 4 is 39.2 Å². The summed E-state index contributed by atoms with van der Waals surface area (Å²) < 4.78 is 0.932. The minimum atomic E-state index is -0.778. The van der Waals surface area contributed by atoms with Gasteiger partial charge in [-0.1, -0.05) is 11.6 Å². The average Bonchev–Trinajstić information content (AvgIpc) is 2.23. The number of halogens is 2. The Balaban J connectivity index is 2.68. The molecule has 1 unspecified atom stereocenters. The van der Waals surface area contributed by atoms with Crippen molar-refractivity contribution in [2.45, 2.75) is 32.7 Å². The minimum Gasteiger partial charge on any atom is -0.481 e. The quantitative estimate of drug-likeness (QED) is 0.859. The second-order valence-corrected chi connectivity index (χ2v) is 5.32. The number of aliphatic carboxylic acids is 1. The maximum absolute atomic E-state index is 10.5. The fourth-order valence-corrected chi connectivity index (χ4v) is 2.17. The third kappa shape index (κ3) is 4.56. The highest BCUT2D eigenvalue weighted by atomic mass is 79.9. The molecule has 2 N–H and O–H groups in total. The van der Waals surface area contributed by atoms with Crippen molar-refractivity contribution in [3.05, 3.63) is 27.2 Å². The molecule has 1 aromatic rings. The SMILES string of the molecule is Cc1cc(Br)c(NC(C)CCC(=O)O)cc1Cl. The van der Waals surface area contributed by atoms with Crippen LogP contribution in [0.4, 0.5) is 5.69 Å². The zero-order valence-corrected chi connectivity index (χ0v) is 12.1. The van der Waals surface area contributed by atoms with Gasteiger partial charge in [-0.05, 0) is 53.9 Å². The Morgan fingerprint density at radius 3 is 2.82 bits per heavy atom. The van der Waals surface area contributed by atoms with Crippen molar-refractivity contribution in [2.24, 2.45) is 0 Å². The monoisotopic (exact) mass is 319 g/mol. The zero-order chi connectivity index (χ0) is 13.0. The normalized spacial score (nSPS) is 12.2. The van der Waals surface area contributed by atoms with E-state index in [0.29, 0.717) is 11.4 Å². The number of hydrogen-bond acceptors (Lipinski definition) is 2. The highest BCUT2D eigenvalue weighted by Crippen LogP contribution is 2.29. The molecule has 17 heavy (non-hydrogen) atoms. The summed E-state index contributed by atoms with van der Waals surface area (Å²) in [5.74, 6) is -0.778. The number of hydrogen-bond donors (Lipinski definition) is 2. The summed E-state index contributed by atoms with van der Waals surface area (Å²) in [5, 5.41) is 12.5. The van der Waals surface area contributed by atoms with E-state index in [2.05, 4.69) is 21.2 Å². The van der Waals surface area contributed by atoms with E-state index in [1.165, 1.54) is 0 Å². The summed E-state index contributed by atoms with van der Waals surface area (Å²) in [6, 6.07) is 3.87. The minimum absolute atomic E-state index is 0.0844. The number of carbonyl (C=O) groups is 1. The molecule has 3 nitrogen and oxygen atoms in total. The lowest BCUT2D eigenvalue weighted by atomic mass is 10.1. The van der Waals surface area contributed by atoms with Crippen LogP contribution in [0.5, 0.6) is 0 Å². The van der Waals surface area contributed by atoms with Gasteiger partial charge in [0.1, 0.15) is 0 Å². The van der Waals surface area contributed by atoms with Crippen LogP contribution in [0.2, 0.25) is 5.02 Å². The van der Waals surface area contributed by atoms with Gasteiger partial charge in [0.05, 0.1) is 5.69 Å². The summed E-state index contributed by atoms with van der Waals surface area (Å²) in [4.78, 5) is 10.5. The molecule has 1 atom stereocenters. The van der Waals surface area contributed by atoms with Crippen LogP contribution in [-0.2, 0) is 4.79 Å². The van der Waals surface area contributed by atoms with Crippen LogP contribution in [0, 0.1) is 6.92 Å². The van der Waals surface area contributed by atoms with Gasteiger partial charge in [0.25, 0.3) is 0 Å². The molecule has 0 saturated heterocycles. The van der Waals surface area contributed by atoms with Gasteiger partial charge in [0, 0.05) is 22.0 Å². The van der Waals surface area contributed by atoms with Crippen molar-refractivity contribution in [1.82, 2.24) is 0 Å². The second kappa shape index (κ2) is 6.26. The molecule has 1 aromatic carbocycles. The summed E-state index contributed by atoms with van der Waals surface area (Å²) >= 11 is 9.49. The Hall–Kier alpha value is -0.740. The number of carboxylic acid groups (broad SMARTS) is 1. The second-order valence-electron chi connectivity index (χ2n) is 4.06. The first kappa shape index (κ1) is 14.3. The first-order chi connectivity index (χ1) is 7.90. The van der Waals surface area contributed by atoms with Crippen molar-refractivity contribution in [3.63, 3.8) is 0 Å². The molecule has 0 amide bonds. The van der Waals surface area contributed by atoms with Crippen molar-refractivity contribution in [1.29, 1.82) is 0 Å². The topological polar surface area (TPSA) is 49.3 Å². The third-order valence-corrected chi connectivity index (χ3v) is 3.50. The van der Waals surface area contributed by atoms with Crippen molar-refractivity contribution in [3.8, 4) is 0 Å². The molecule has 0 spiro atoms. The average molecular weight is 321 g/mol. The van der Waals surface area contributed by atoms with Crippen LogP contribution >= 0.6 is 27.5 Å². The summed E-state index contributed by atoms with van der Waals surface area (Å²) in [5.41, 5.74) is 1.89. The zero-order valence-electron chi connectivity index (χ0n) is 9.76. The number of nitrogens with one attached hydrogen (secondary N) is 1. The Bertz CT molecular complexity index is 423. The van der Waals surface area contributed by atoms with Crippen LogP contribution in [0.25, 0.3) is 0 Å². The first-order valence-electron chi connectivity index (χ1n) is 5.34. The largest absolute Gasteiger partial charge is 0.481 e. The van der Waals surface area contributed by atoms with Crippen LogP contribution < -0.4 is 5.32 Å². The highest BCUT2D eigenvalue weighted by molar-refractivity contribution is 9.10.